The van der Waals surface area contributed by atoms with Crippen LogP contribution in [0.5, 0.6) is 0 Å². The van der Waals surface area contributed by atoms with E-state index >= 15 is 0 Å². The minimum atomic E-state index is -0.984. The maximum absolute atomic E-state index is 12.1. The molecule has 19 heavy (non-hydrogen) atoms. The highest BCUT2D eigenvalue weighted by atomic mass is 16.4. The van der Waals surface area contributed by atoms with Gasteiger partial charge in [-0.15, -0.1) is 0 Å². The lowest BCUT2D eigenvalue weighted by atomic mass is 10.0. The van der Waals surface area contributed by atoms with Gasteiger partial charge in [0, 0.05) is 13.6 Å². The molecule has 1 aromatic carbocycles. The molecule has 0 radical (unpaired) electrons. The van der Waals surface area contributed by atoms with Crippen LogP contribution in [-0.2, 0) is 11.2 Å². The number of nitrogens with zero attached hydrogens (tertiary/aromatic N) is 1. The van der Waals surface area contributed by atoms with Gasteiger partial charge >= 0.3 is 5.97 Å². The molecule has 2 unspecified atom stereocenters. The number of carbonyl (C=O) groups is 2. The zero-order valence-electron chi connectivity index (χ0n) is 11.3. The first kappa shape index (κ1) is 13.6. The number of carbonyl (C=O) groups excluding carboxylic acids is 1. The first-order chi connectivity index (χ1) is 8.99. The molecule has 4 nitrogen and oxygen atoms in total. The lowest BCUT2D eigenvalue weighted by molar-refractivity contribution is -0.129. The summed E-state index contributed by atoms with van der Waals surface area (Å²) < 4.78 is 0. The number of carboxylic acids is 1. The molecule has 1 saturated carbocycles. The second-order valence-electron chi connectivity index (χ2n) is 5.39. The summed E-state index contributed by atoms with van der Waals surface area (Å²) in [5.74, 6) is 0.319. The fourth-order valence-corrected chi connectivity index (χ4v) is 2.29. The quantitative estimate of drug-likeness (QED) is 0.882. The van der Waals surface area contributed by atoms with Crippen LogP contribution in [0.1, 0.15) is 29.3 Å². The van der Waals surface area contributed by atoms with Crippen molar-refractivity contribution in [1.29, 1.82) is 0 Å². The molecule has 4 heteroatoms. The summed E-state index contributed by atoms with van der Waals surface area (Å²) in [4.78, 5) is 24.9. The van der Waals surface area contributed by atoms with Gasteiger partial charge in [-0.05, 0) is 29.9 Å². The van der Waals surface area contributed by atoms with Crippen LogP contribution in [0.25, 0.3) is 0 Å². The highest BCUT2D eigenvalue weighted by molar-refractivity contribution is 5.91. The van der Waals surface area contributed by atoms with Crippen LogP contribution >= 0.6 is 0 Å². The Morgan fingerprint density at radius 1 is 1.37 bits per heavy atom. The van der Waals surface area contributed by atoms with Crippen LogP contribution < -0.4 is 0 Å². The second kappa shape index (κ2) is 5.43. The number of aromatic carboxylic acids is 1. The number of likely N-dealkylation sites (N-methyl/N-ethyl adjacent to an activating group) is 1. The van der Waals surface area contributed by atoms with Crippen molar-refractivity contribution in [3.05, 3.63) is 35.4 Å². The van der Waals surface area contributed by atoms with Gasteiger partial charge in [-0.25, -0.2) is 4.79 Å². The molecule has 0 bridgehead atoms. The highest BCUT2D eigenvalue weighted by Crippen LogP contribution is 2.38. The van der Waals surface area contributed by atoms with E-state index in [1.165, 1.54) is 12.5 Å². The third kappa shape index (κ3) is 3.34. The van der Waals surface area contributed by atoms with Gasteiger partial charge in [0.15, 0.2) is 0 Å². The molecule has 1 amide bonds. The summed E-state index contributed by atoms with van der Waals surface area (Å²) >= 11 is 0. The third-order valence-corrected chi connectivity index (χ3v) is 3.80. The van der Waals surface area contributed by atoms with Crippen LogP contribution in [0.15, 0.2) is 24.3 Å². The van der Waals surface area contributed by atoms with Crippen LogP contribution in [0.2, 0.25) is 0 Å². The summed E-state index contributed by atoms with van der Waals surface area (Å²) in [6.45, 7) is 2.96. The standard InChI is InChI=1S/C15H19NO3/c1-10-7-12(10)9-16(2)14(17)8-11-5-3-4-6-13(11)15(18)19/h3-6,10,12H,7-9H2,1-2H3,(H,18,19). The second-order valence-corrected chi connectivity index (χ2v) is 5.39. The number of carboxylic acid groups (broad SMARTS) is 1. The monoisotopic (exact) mass is 261 g/mol. The van der Waals surface area contributed by atoms with Gasteiger partial charge in [-0.1, -0.05) is 25.1 Å². The number of benzene rings is 1. The molecule has 0 saturated heterocycles. The van der Waals surface area contributed by atoms with E-state index in [1.807, 2.05) is 0 Å². The predicted molar refractivity (Wildman–Crippen MR) is 72.0 cm³/mol. The first-order valence-electron chi connectivity index (χ1n) is 6.54. The predicted octanol–water partition coefficient (Wildman–Crippen LogP) is 2.04. The lowest BCUT2D eigenvalue weighted by Gasteiger charge is -2.17. The summed E-state index contributed by atoms with van der Waals surface area (Å²) in [6.07, 6.45) is 1.34. The van der Waals surface area contributed by atoms with E-state index in [1.54, 1.807) is 30.1 Å². The molecule has 102 valence electrons. The Bertz CT molecular complexity index is 498. The van der Waals surface area contributed by atoms with Gasteiger partial charge in [0.05, 0.1) is 12.0 Å². The van der Waals surface area contributed by atoms with Gasteiger partial charge in [0.25, 0.3) is 0 Å². The van der Waals surface area contributed by atoms with Gasteiger partial charge < -0.3 is 10.0 Å². The molecule has 1 aliphatic rings. The van der Waals surface area contributed by atoms with Crippen molar-refractivity contribution >= 4 is 11.9 Å². The maximum Gasteiger partial charge on any atom is 0.335 e. The van der Waals surface area contributed by atoms with Gasteiger partial charge in [0.2, 0.25) is 5.91 Å². The highest BCUT2D eigenvalue weighted by Gasteiger charge is 2.34. The maximum atomic E-state index is 12.1. The molecule has 1 N–H and O–H groups in total. The van der Waals surface area contributed by atoms with E-state index in [0.29, 0.717) is 17.4 Å². The Balaban J connectivity index is 2.00. The molecule has 0 heterocycles. The van der Waals surface area contributed by atoms with Crippen molar-refractivity contribution in [2.45, 2.75) is 19.8 Å². The molecule has 0 aliphatic heterocycles. The minimum absolute atomic E-state index is 0.0206. The number of hydrogen-bond donors (Lipinski definition) is 1. The fraction of sp³-hybridized carbons (Fsp3) is 0.467. The Morgan fingerprint density at radius 3 is 2.58 bits per heavy atom. The van der Waals surface area contributed by atoms with Crippen molar-refractivity contribution in [2.75, 3.05) is 13.6 Å². The normalized spacial score (nSPS) is 20.9. The smallest absolute Gasteiger partial charge is 0.335 e. The Hall–Kier alpha value is -1.84. The van der Waals surface area contributed by atoms with E-state index in [4.69, 9.17) is 5.11 Å². The lowest BCUT2D eigenvalue weighted by Crippen LogP contribution is -2.30. The number of hydrogen-bond acceptors (Lipinski definition) is 2. The van der Waals surface area contributed by atoms with E-state index < -0.39 is 5.97 Å². The molecular weight excluding hydrogens is 242 g/mol. The average molecular weight is 261 g/mol. The van der Waals surface area contributed by atoms with E-state index in [0.717, 1.165) is 6.54 Å². The molecule has 1 aromatic rings. The van der Waals surface area contributed by atoms with Crippen molar-refractivity contribution in [3.63, 3.8) is 0 Å². The summed E-state index contributed by atoms with van der Waals surface area (Å²) in [5.41, 5.74) is 0.791. The van der Waals surface area contributed by atoms with E-state index in [-0.39, 0.29) is 17.9 Å². The molecule has 0 aromatic heterocycles. The van der Waals surface area contributed by atoms with Gasteiger partial charge in [-0.3, -0.25) is 4.79 Å². The van der Waals surface area contributed by atoms with Crippen LogP contribution in [-0.4, -0.2) is 35.5 Å². The van der Waals surface area contributed by atoms with Crippen molar-refractivity contribution < 1.29 is 14.7 Å². The van der Waals surface area contributed by atoms with Crippen molar-refractivity contribution in [3.8, 4) is 0 Å². The first-order valence-corrected chi connectivity index (χ1v) is 6.54. The molecule has 2 rings (SSSR count). The zero-order valence-corrected chi connectivity index (χ0v) is 11.3. The molecule has 2 atom stereocenters. The third-order valence-electron chi connectivity index (χ3n) is 3.80. The molecule has 1 aliphatic carbocycles. The summed E-state index contributed by atoms with van der Waals surface area (Å²) in [5, 5.41) is 9.08. The van der Waals surface area contributed by atoms with Gasteiger partial charge in [-0.2, -0.15) is 0 Å². The largest absolute Gasteiger partial charge is 0.478 e. The van der Waals surface area contributed by atoms with E-state index in [2.05, 4.69) is 6.92 Å². The van der Waals surface area contributed by atoms with Crippen molar-refractivity contribution in [1.82, 2.24) is 4.90 Å². The van der Waals surface area contributed by atoms with Crippen LogP contribution in [0.4, 0.5) is 0 Å². The molecule has 0 spiro atoms. The van der Waals surface area contributed by atoms with Crippen LogP contribution in [0.3, 0.4) is 0 Å². The fourth-order valence-electron chi connectivity index (χ4n) is 2.29. The topological polar surface area (TPSA) is 57.6 Å². The molecular formula is C15H19NO3. The Labute approximate surface area is 113 Å². The average Bonchev–Trinajstić information content (AvgIpc) is 3.05. The number of amides is 1. The SMILES string of the molecule is CC1CC1CN(C)C(=O)Cc1ccccc1C(=O)O. The minimum Gasteiger partial charge on any atom is -0.478 e. The van der Waals surface area contributed by atoms with Crippen LogP contribution in [0, 0.1) is 11.8 Å². The molecule has 1 fully saturated rings. The Morgan fingerprint density at radius 2 is 2.00 bits per heavy atom. The van der Waals surface area contributed by atoms with E-state index in [9.17, 15) is 9.59 Å². The number of rotatable bonds is 5. The van der Waals surface area contributed by atoms with Gasteiger partial charge in [0.1, 0.15) is 0 Å². The van der Waals surface area contributed by atoms with Crippen molar-refractivity contribution in [2.24, 2.45) is 11.8 Å². The zero-order chi connectivity index (χ0) is 14.0. The summed E-state index contributed by atoms with van der Waals surface area (Å²) in [6, 6.07) is 6.67. The summed E-state index contributed by atoms with van der Waals surface area (Å²) in [7, 11) is 1.79. The Kier molecular flexibility index (Phi) is 3.88.